The SMILES string of the molecule is C=CC[C@H](NC(=O)O)c1nc(-c2ccc(NC(=O)OC)cc2NC(=O)[C@H](C)C=C)cn1COCC[Si](C)(C)C. The van der Waals surface area contributed by atoms with E-state index in [0.29, 0.717) is 41.5 Å². The monoisotopic (exact) mass is 557 g/mol. The van der Waals surface area contributed by atoms with Crippen molar-refractivity contribution in [2.45, 2.75) is 51.8 Å². The van der Waals surface area contributed by atoms with E-state index in [-0.39, 0.29) is 12.6 Å². The largest absolute Gasteiger partial charge is 0.465 e. The van der Waals surface area contributed by atoms with Crippen molar-refractivity contribution in [3.8, 4) is 11.3 Å². The summed E-state index contributed by atoms with van der Waals surface area (Å²) in [6.07, 6.45) is 3.34. The summed E-state index contributed by atoms with van der Waals surface area (Å²) in [5.74, 6) is -0.332. The lowest BCUT2D eigenvalue weighted by atomic mass is 10.1. The summed E-state index contributed by atoms with van der Waals surface area (Å²) in [5, 5.41) is 17.4. The van der Waals surface area contributed by atoms with Crippen molar-refractivity contribution in [1.29, 1.82) is 0 Å². The number of nitrogens with one attached hydrogen (secondary N) is 3. The fraction of sp³-hybridized carbons (Fsp3) is 0.407. The van der Waals surface area contributed by atoms with E-state index < -0.39 is 32.2 Å². The van der Waals surface area contributed by atoms with Crippen LogP contribution in [0.5, 0.6) is 0 Å². The molecular formula is C27H39N5O6Si. The van der Waals surface area contributed by atoms with Crippen LogP contribution in [0.1, 0.15) is 25.2 Å². The number of anilines is 2. The highest BCUT2D eigenvalue weighted by atomic mass is 28.3. The van der Waals surface area contributed by atoms with Crippen molar-refractivity contribution in [3.05, 3.63) is 55.5 Å². The molecule has 0 aliphatic carbocycles. The van der Waals surface area contributed by atoms with Gasteiger partial charge in [0.1, 0.15) is 12.6 Å². The van der Waals surface area contributed by atoms with Crippen LogP contribution in [0, 0.1) is 5.92 Å². The van der Waals surface area contributed by atoms with E-state index in [0.717, 1.165) is 6.04 Å². The highest BCUT2D eigenvalue weighted by Crippen LogP contribution is 2.32. The molecule has 0 bridgehead atoms. The Morgan fingerprint density at radius 2 is 1.92 bits per heavy atom. The molecule has 11 nitrogen and oxygen atoms in total. The van der Waals surface area contributed by atoms with Gasteiger partial charge in [-0.15, -0.1) is 13.2 Å². The first-order valence-electron chi connectivity index (χ1n) is 12.6. The Bertz CT molecular complexity index is 1190. The lowest BCUT2D eigenvalue weighted by Gasteiger charge is -2.18. The van der Waals surface area contributed by atoms with Crippen LogP contribution in [0.25, 0.3) is 11.3 Å². The Hall–Kier alpha value is -3.90. The average Bonchev–Trinajstić information content (AvgIpc) is 3.28. The number of carbonyl (C=O) groups excluding carboxylic acids is 2. The maximum absolute atomic E-state index is 12.7. The van der Waals surface area contributed by atoms with E-state index in [9.17, 15) is 19.5 Å². The van der Waals surface area contributed by atoms with Crippen LogP contribution in [-0.2, 0) is 21.0 Å². The predicted molar refractivity (Wildman–Crippen MR) is 155 cm³/mol. The highest BCUT2D eigenvalue weighted by molar-refractivity contribution is 6.76. The van der Waals surface area contributed by atoms with E-state index >= 15 is 0 Å². The molecule has 0 saturated heterocycles. The maximum Gasteiger partial charge on any atom is 0.411 e. The van der Waals surface area contributed by atoms with Crippen molar-refractivity contribution in [2.24, 2.45) is 5.92 Å². The lowest BCUT2D eigenvalue weighted by Crippen LogP contribution is -2.29. The number of nitrogens with zero attached hydrogens (tertiary/aromatic N) is 2. The third-order valence-corrected chi connectivity index (χ3v) is 7.50. The molecule has 1 heterocycles. The molecule has 4 N–H and O–H groups in total. The third kappa shape index (κ3) is 9.73. The third-order valence-electron chi connectivity index (χ3n) is 5.80. The molecule has 2 aromatic rings. The minimum absolute atomic E-state index is 0.166. The molecule has 0 unspecified atom stereocenters. The minimum atomic E-state index is -1.31. The summed E-state index contributed by atoms with van der Waals surface area (Å²) in [6, 6.07) is 5.25. The molecule has 12 heteroatoms. The summed E-state index contributed by atoms with van der Waals surface area (Å²) in [5.41, 5.74) is 1.83. The molecule has 2 rings (SSSR count). The Morgan fingerprint density at radius 3 is 2.51 bits per heavy atom. The smallest absolute Gasteiger partial charge is 0.411 e. The van der Waals surface area contributed by atoms with E-state index in [1.54, 1.807) is 42.0 Å². The average molecular weight is 558 g/mol. The first-order valence-corrected chi connectivity index (χ1v) is 16.3. The molecule has 0 aliphatic rings. The number of benzene rings is 1. The Labute approximate surface area is 230 Å². The molecule has 3 amide bonds. The molecule has 0 spiro atoms. The van der Waals surface area contributed by atoms with Gasteiger partial charge in [0.05, 0.1) is 30.5 Å². The van der Waals surface area contributed by atoms with Gasteiger partial charge in [-0.25, -0.2) is 14.6 Å². The zero-order valence-corrected chi connectivity index (χ0v) is 24.2. The molecule has 212 valence electrons. The van der Waals surface area contributed by atoms with Crippen LogP contribution in [0.15, 0.2) is 49.7 Å². The van der Waals surface area contributed by atoms with Crippen LogP contribution in [0.2, 0.25) is 25.7 Å². The van der Waals surface area contributed by atoms with Gasteiger partial charge < -0.3 is 29.8 Å². The molecule has 0 fully saturated rings. The van der Waals surface area contributed by atoms with Crippen molar-refractivity contribution < 1.29 is 29.0 Å². The number of ether oxygens (including phenoxy) is 2. The molecule has 2 atom stereocenters. The molecule has 0 aliphatic heterocycles. The minimum Gasteiger partial charge on any atom is -0.465 e. The normalized spacial score (nSPS) is 12.6. The van der Waals surface area contributed by atoms with Crippen LogP contribution in [0.4, 0.5) is 21.0 Å². The van der Waals surface area contributed by atoms with E-state index in [4.69, 9.17) is 9.72 Å². The number of hydrogen-bond acceptors (Lipinski definition) is 6. The van der Waals surface area contributed by atoms with Gasteiger partial charge in [0.2, 0.25) is 5.91 Å². The Balaban J connectivity index is 2.56. The number of rotatable bonds is 14. The summed E-state index contributed by atoms with van der Waals surface area (Å²) >= 11 is 0. The topological polar surface area (TPSA) is 144 Å². The van der Waals surface area contributed by atoms with Gasteiger partial charge in [0.15, 0.2) is 0 Å². The first-order chi connectivity index (χ1) is 18.4. The zero-order valence-electron chi connectivity index (χ0n) is 23.2. The summed E-state index contributed by atoms with van der Waals surface area (Å²) in [6.45, 7) is 16.6. The summed E-state index contributed by atoms with van der Waals surface area (Å²) in [4.78, 5) is 40.8. The second-order valence-corrected chi connectivity index (χ2v) is 15.8. The van der Waals surface area contributed by atoms with Crippen molar-refractivity contribution >= 4 is 37.5 Å². The number of carbonyl (C=O) groups is 3. The molecule has 0 radical (unpaired) electrons. The van der Waals surface area contributed by atoms with Crippen LogP contribution >= 0.6 is 0 Å². The van der Waals surface area contributed by atoms with Gasteiger partial charge in [-0.3, -0.25) is 10.1 Å². The van der Waals surface area contributed by atoms with Crippen molar-refractivity contribution in [3.63, 3.8) is 0 Å². The van der Waals surface area contributed by atoms with Crippen molar-refractivity contribution in [1.82, 2.24) is 14.9 Å². The fourth-order valence-electron chi connectivity index (χ4n) is 3.50. The number of aromatic nitrogens is 2. The van der Waals surface area contributed by atoms with Gasteiger partial charge in [-0.05, 0) is 30.7 Å². The quantitative estimate of drug-likeness (QED) is 0.133. The summed E-state index contributed by atoms with van der Waals surface area (Å²) < 4.78 is 12.4. The van der Waals surface area contributed by atoms with E-state index in [1.165, 1.54) is 13.2 Å². The second kappa shape index (κ2) is 14.3. The molecule has 1 aromatic carbocycles. The lowest BCUT2D eigenvalue weighted by molar-refractivity contribution is -0.118. The maximum atomic E-state index is 12.7. The van der Waals surface area contributed by atoms with Gasteiger partial charge in [0.25, 0.3) is 0 Å². The Kier molecular flexibility index (Phi) is 11.5. The zero-order chi connectivity index (χ0) is 29.2. The number of amides is 3. The number of methoxy groups -OCH3 is 1. The fourth-order valence-corrected chi connectivity index (χ4v) is 4.26. The van der Waals surface area contributed by atoms with Crippen LogP contribution < -0.4 is 16.0 Å². The molecule has 0 saturated carbocycles. The van der Waals surface area contributed by atoms with E-state index in [1.807, 2.05) is 0 Å². The molecule has 39 heavy (non-hydrogen) atoms. The predicted octanol–water partition coefficient (Wildman–Crippen LogP) is 5.69. The van der Waals surface area contributed by atoms with Gasteiger partial charge in [-0.1, -0.05) is 38.7 Å². The van der Waals surface area contributed by atoms with Crippen molar-refractivity contribution in [2.75, 3.05) is 24.4 Å². The highest BCUT2D eigenvalue weighted by Gasteiger charge is 2.23. The second-order valence-electron chi connectivity index (χ2n) is 10.2. The molecular weight excluding hydrogens is 518 g/mol. The van der Waals surface area contributed by atoms with Crippen LogP contribution in [-0.4, -0.2) is 54.5 Å². The van der Waals surface area contributed by atoms with Gasteiger partial charge in [0, 0.05) is 32.1 Å². The van der Waals surface area contributed by atoms with Gasteiger partial charge >= 0.3 is 12.2 Å². The standard InChI is InChI=1S/C27H39N5O6Si/c1-8-10-21(31-26(34)35)24-29-23(16-32(24)17-38-13-14-39(5,6)7)20-12-11-19(28-27(36)37-4)15-22(20)30-25(33)18(3)9-2/h8-9,11-12,15-16,18,21,31H,1-2,10,13-14,17H2,3-7H3,(H,28,36)(H,30,33)(H,34,35)/t18-,21+/m1/s1. The summed E-state index contributed by atoms with van der Waals surface area (Å²) in [7, 11) is -0.0550. The number of hydrogen-bond donors (Lipinski definition) is 4. The van der Waals surface area contributed by atoms with Gasteiger partial charge in [-0.2, -0.15) is 0 Å². The Morgan fingerprint density at radius 1 is 1.21 bits per heavy atom. The van der Waals surface area contributed by atoms with Crippen LogP contribution in [0.3, 0.4) is 0 Å². The number of imidazole rings is 1. The molecule has 1 aromatic heterocycles. The number of carboxylic acid groups (broad SMARTS) is 1. The van der Waals surface area contributed by atoms with E-state index in [2.05, 4.69) is 53.5 Å². The first kappa shape index (κ1) is 31.3.